The van der Waals surface area contributed by atoms with Gasteiger partial charge in [0.15, 0.2) is 0 Å². The van der Waals surface area contributed by atoms with Gasteiger partial charge in [0.25, 0.3) is 4.73 Å². The smallest absolute Gasteiger partial charge is 0.462 e. The molecule has 0 amide bonds. The fraction of sp³-hybridized carbons (Fsp3) is 0.400. The first-order valence-electron chi connectivity index (χ1n) is 5.86. The number of nitro groups is 1. The maximum atomic E-state index is 11.8. The quantitative estimate of drug-likeness (QED) is 0.442. The largest absolute Gasteiger partial charge is 0.492 e. The van der Waals surface area contributed by atoms with E-state index in [-0.39, 0.29) is 23.4 Å². The van der Waals surface area contributed by atoms with Gasteiger partial charge in [0.2, 0.25) is 0 Å². The predicted molar refractivity (Wildman–Crippen MR) is 72.6 cm³/mol. The van der Waals surface area contributed by atoms with Crippen LogP contribution < -0.4 is 0 Å². The first-order chi connectivity index (χ1) is 9.93. The van der Waals surface area contributed by atoms with E-state index in [1.807, 2.05) is 0 Å². The first kappa shape index (κ1) is 15.1. The van der Waals surface area contributed by atoms with Crippen molar-refractivity contribution in [3.63, 3.8) is 0 Å². The maximum absolute atomic E-state index is 11.8. The third-order valence-corrected chi connectivity index (χ3v) is 3.22. The zero-order chi connectivity index (χ0) is 15.6. The number of carbonyl (C=O) groups excluding carboxylic acids is 1. The molecule has 0 atom stereocenters. The van der Waals surface area contributed by atoms with E-state index >= 15 is 0 Å². The summed E-state index contributed by atoms with van der Waals surface area (Å²) in [7, 11) is 1.65. The van der Waals surface area contributed by atoms with Crippen LogP contribution in [0, 0.1) is 10.1 Å². The molecule has 2 aromatic rings. The number of carbonyl (C=O) groups is 1. The molecule has 0 aromatic carbocycles. The van der Waals surface area contributed by atoms with E-state index in [9.17, 15) is 14.9 Å². The predicted octanol–water partition coefficient (Wildman–Crippen LogP) is 0.907. The second kappa shape index (κ2) is 5.99. The Balaban J connectivity index is 2.33. The van der Waals surface area contributed by atoms with Crippen LogP contribution in [0.1, 0.15) is 23.0 Å². The minimum absolute atomic E-state index is 0.0894. The van der Waals surface area contributed by atoms with Crippen molar-refractivity contribution >= 4 is 27.8 Å². The van der Waals surface area contributed by atoms with E-state index in [4.69, 9.17) is 4.74 Å². The Morgan fingerprint density at radius 1 is 1.57 bits per heavy atom. The Hall–Kier alpha value is -2.30. The van der Waals surface area contributed by atoms with Crippen molar-refractivity contribution in [2.75, 3.05) is 6.61 Å². The molecule has 21 heavy (non-hydrogen) atoms. The van der Waals surface area contributed by atoms with Crippen molar-refractivity contribution in [3.8, 4) is 0 Å². The Morgan fingerprint density at radius 3 is 2.86 bits per heavy atom. The van der Waals surface area contributed by atoms with Gasteiger partial charge in [-0.1, -0.05) is 0 Å². The van der Waals surface area contributed by atoms with Crippen LogP contribution in [-0.2, 0) is 18.3 Å². The SMILES string of the molecule is CCOC(=O)c1cnn(C)c1Cn1nc([N+](=O)[O-])nc1Br. The molecule has 0 unspecified atom stereocenters. The number of hydrogen-bond acceptors (Lipinski definition) is 7. The Morgan fingerprint density at radius 2 is 2.29 bits per heavy atom. The molecule has 0 saturated carbocycles. The molecule has 0 fully saturated rings. The Labute approximate surface area is 127 Å². The third kappa shape index (κ3) is 3.07. The molecular formula is C10H11BrN6O4. The molecule has 10 nitrogen and oxygen atoms in total. The zero-order valence-corrected chi connectivity index (χ0v) is 12.8. The van der Waals surface area contributed by atoms with E-state index in [0.717, 1.165) is 0 Å². The highest BCUT2D eigenvalue weighted by atomic mass is 79.9. The third-order valence-electron chi connectivity index (χ3n) is 2.64. The van der Waals surface area contributed by atoms with Gasteiger partial charge in [0.1, 0.15) is 12.1 Å². The summed E-state index contributed by atoms with van der Waals surface area (Å²) < 4.78 is 7.86. The summed E-state index contributed by atoms with van der Waals surface area (Å²) in [6.45, 7) is 2.03. The number of hydrogen-bond donors (Lipinski definition) is 0. The van der Waals surface area contributed by atoms with Crippen molar-refractivity contribution in [3.05, 3.63) is 32.3 Å². The van der Waals surface area contributed by atoms with Crippen LogP contribution in [0.15, 0.2) is 10.9 Å². The van der Waals surface area contributed by atoms with Crippen molar-refractivity contribution in [2.24, 2.45) is 7.05 Å². The monoisotopic (exact) mass is 358 g/mol. The van der Waals surface area contributed by atoms with E-state index in [0.29, 0.717) is 5.69 Å². The van der Waals surface area contributed by atoms with Gasteiger partial charge in [-0.25, -0.2) is 4.79 Å². The molecule has 2 aromatic heterocycles. The van der Waals surface area contributed by atoms with Crippen LogP contribution in [0.4, 0.5) is 5.95 Å². The minimum atomic E-state index is -0.698. The Kier molecular flexibility index (Phi) is 4.31. The summed E-state index contributed by atoms with van der Waals surface area (Å²) in [4.78, 5) is 25.4. The average molecular weight is 359 g/mol. The molecule has 0 spiro atoms. The van der Waals surface area contributed by atoms with Crippen molar-refractivity contribution in [1.82, 2.24) is 24.5 Å². The van der Waals surface area contributed by atoms with Gasteiger partial charge in [0.05, 0.1) is 18.5 Å². The van der Waals surface area contributed by atoms with Crippen molar-refractivity contribution < 1.29 is 14.5 Å². The maximum Gasteiger partial charge on any atom is 0.492 e. The summed E-state index contributed by atoms with van der Waals surface area (Å²) in [5.41, 5.74) is 0.790. The van der Waals surface area contributed by atoms with Crippen molar-refractivity contribution in [2.45, 2.75) is 13.5 Å². The fourth-order valence-electron chi connectivity index (χ4n) is 1.66. The zero-order valence-electron chi connectivity index (χ0n) is 11.2. The highest BCUT2D eigenvalue weighted by molar-refractivity contribution is 9.10. The number of aromatic nitrogens is 5. The number of ether oxygens (including phenoxy) is 1. The van der Waals surface area contributed by atoms with Gasteiger partial charge < -0.3 is 14.9 Å². The van der Waals surface area contributed by atoms with Crippen molar-refractivity contribution in [1.29, 1.82) is 0 Å². The van der Waals surface area contributed by atoms with Crippen LogP contribution in [0.3, 0.4) is 0 Å². The second-order valence-corrected chi connectivity index (χ2v) is 4.65. The van der Waals surface area contributed by atoms with Gasteiger partial charge in [0, 0.05) is 28.1 Å². The lowest BCUT2D eigenvalue weighted by molar-refractivity contribution is -0.394. The molecule has 2 heterocycles. The highest BCUT2D eigenvalue weighted by Gasteiger charge is 2.23. The molecule has 0 aliphatic carbocycles. The van der Waals surface area contributed by atoms with Crippen LogP contribution in [0.25, 0.3) is 0 Å². The second-order valence-electron chi connectivity index (χ2n) is 3.94. The van der Waals surface area contributed by atoms with E-state index in [1.54, 1.807) is 14.0 Å². The molecule has 0 saturated heterocycles. The number of halogens is 1. The molecule has 0 aliphatic heterocycles. The molecule has 0 N–H and O–H groups in total. The molecule has 112 valence electrons. The fourth-order valence-corrected chi connectivity index (χ4v) is 2.02. The Bertz CT molecular complexity index is 694. The van der Waals surface area contributed by atoms with E-state index in [1.165, 1.54) is 15.6 Å². The standard InChI is InChI=1S/C10H11BrN6O4/c1-3-21-8(18)6-4-12-15(2)7(6)5-16-9(11)13-10(14-16)17(19)20/h4H,3,5H2,1-2H3. The highest BCUT2D eigenvalue weighted by Crippen LogP contribution is 2.16. The molecular weight excluding hydrogens is 348 g/mol. The summed E-state index contributed by atoms with van der Waals surface area (Å²) in [5, 5.41) is 18.4. The van der Waals surface area contributed by atoms with Crippen LogP contribution in [0.5, 0.6) is 0 Å². The van der Waals surface area contributed by atoms with Gasteiger partial charge >= 0.3 is 11.9 Å². The topological polar surface area (TPSA) is 118 Å². The van der Waals surface area contributed by atoms with E-state index < -0.39 is 16.8 Å². The number of esters is 1. The minimum Gasteiger partial charge on any atom is -0.462 e. The number of aryl methyl sites for hydroxylation is 1. The van der Waals surface area contributed by atoms with Crippen LogP contribution >= 0.6 is 15.9 Å². The lowest BCUT2D eigenvalue weighted by atomic mass is 10.2. The van der Waals surface area contributed by atoms with E-state index in [2.05, 4.69) is 31.1 Å². The summed E-state index contributed by atoms with van der Waals surface area (Å²) in [6.07, 6.45) is 1.38. The summed E-state index contributed by atoms with van der Waals surface area (Å²) in [6, 6.07) is 0. The summed E-state index contributed by atoms with van der Waals surface area (Å²) in [5.74, 6) is -1.03. The first-order valence-corrected chi connectivity index (χ1v) is 6.66. The lowest BCUT2D eigenvalue weighted by Crippen LogP contribution is -2.13. The molecule has 0 aliphatic rings. The molecule has 0 bridgehead atoms. The van der Waals surface area contributed by atoms with Crippen LogP contribution in [-0.4, -0.2) is 42.0 Å². The van der Waals surface area contributed by atoms with Crippen LogP contribution in [0.2, 0.25) is 0 Å². The van der Waals surface area contributed by atoms with Gasteiger partial charge in [-0.2, -0.15) is 9.78 Å². The number of nitrogens with zero attached hydrogens (tertiary/aromatic N) is 6. The van der Waals surface area contributed by atoms with Gasteiger partial charge in [-0.15, -0.1) is 0 Å². The molecule has 0 radical (unpaired) electrons. The molecule has 11 heteroatoms. The van der Waals surface area contributed by atoms with Gasteiger partial charge in [-0.3, -0.25) is 4.68 Å². The summed E-state index contributed by atoms with van der Waals surface area (Å²) >= 11 is 3.09. The lowest BCUT2D eigenvalue weighted by Gasteiger charge is -2.04. The van der Waals surface area contributed by atoms with Gasteiger partial charge in [-0.05, 0) is 16.8 Å². The molecule has 2 rings (SSSR count). The number of rotatable bonds is 5. The normalized spacial score (nSPS) is 10.6. The average Bonchev–Trinajstić information content (AvgIpc) is 2.96.